The fraction of sp³-hybridized carbons (Fsp3) is 0.333. The maximum Gasteiger partial charge on any atom is 0.244 e. The molecule has 0 unspecified atom stereocenters. The van der Waals surface area contributed by atoms with Crippen LogP contribution in [0.2, 0.25) is 5.02 Å². The highest BCUT2D eigenvalue weighted by Crippen LogP contribution is 2.31. The van der Waals surface area contributed by atoms with Crippen LogP contribution in [0.1, 0.15) is 13.8 Å². The Labute approximate surface area is 190 Å². The van der Waals surface area contributed by atoms with Crippen molar-refractivity contribution in [2.24, 2.45) is 0 Å². The molecule has 0 saturated heterocycles. The highest BCUT2D eigenvalue weighted by molar-refractivity contribution is 7.92. The molecule has 2 aromatic carbocycles. The molecular formula is C21H23ClFN3O3S2. The van der Waals surface area contributed by atoms with Crippen molar-refractivity contribution in [3.63, 3.8) is 0 Å². The van der Waals surface area contributed by atoms with E-state index in [4.69, 9.17) is 11.6 Å². The second kappa shape index (κ2) is 10.0. The third-order valence-corrected chi connectivity index (χ3v) is 7.79. The van der Waals surface area contributed by atoms with Crippen LogP contribution in [0.3, 0.4) is 0 Å². The lowest BCUT2D eigenvalue weighted by Gasteiger charge is -2.24. The quantitative estimate of drug-likeness (QED) is 0.426. The first-order chi connectivity index (χ1) is 14.7. The molecule has 0 N–H and O–H groups in total. The van der Waals surface area contributed by atoms with Crippen molar-refractivity contribution in [2.45, 2.75) is 18.7 Å². The van der Waals surface area contributed by atoms with Gasteiger partial charge in [-0.05, 0) is 55.6 Å². The van der Waals surface area contributed by atoms with Gasteiger partial charge in [-0.2, -0.15) is 0 Å². The first-order valence-electron chi connectivity index (χ1n) is 9.80. The van der Waals surface area contributed by atoms with Crippen LogP contribution in [0.5, 0.6) is 0 Å². The van der Waals surface area contributed by atoms with Crippen LogP contribution in [0.15, 0.2) is 47.4 Å². The number of benzene rings is 2. The fourth-order valence-corrected chi connectivity index (χ4v) is 5.56. The molecule has 0 saturated carbocycles. The Balaban J connectivity index is 1.90. The monoisotopic (exact) mass is 483 g/mol. The Kier molecular flexibility index (Phi) is 7.64. The number of rotatable bonds is 9. The smallest absolute Gasteiger partial charge is 0.244 e. The molecule has 0 atom stereocenters. The largest absolute Gasteiger partial charge is 0.302 e. The summed E-state index contributed by atoms with van der Waals surface area (Å²) in [6.07, 6.45) is 0. The van der Waals surface area contributed by atoms with Gasteiger partial charge in [0.2, 0.25) is 5.91 Å². The van der Waals surface area contributed by atoms with E-state index >= 15 is 0 Å². The van der Waals surface area contributed by atoms with E-state index < -0.39 is 27.3 Å². The van der Waals surface area contributed by atoms with Crippen molar-refractivity contribution >= 4 is 54.0 Å². The molecule has 0 radical (unpaired) electrons. The number of hydrogen-bond acceptors (Lipinski definition) is 6. The van der Waals surface area contributed by atoms with E-state index in [0.717, 1.165) is 42.1 Å². The van der Waals surface area contributed by atoms with Crippen LogP contribution >= 0.6 is 22.9 Å². The van der Waals surface area contributed by atoms with Gasteiger partial charge in [-0.15, -0.1) is 0 Å². The number of halogens is 2. The number of fused-ring (bicyclic) bond motifs is 1. The molecular weight excluding hydrogens is 461 g/mol. The molecule has 0 aliphatic carbocycles. The molecule has 6 nitrogen and oxygen atoms in total. The van der Waals surface area contributed by atoms with Gasteiger partial charge in [-0.25, -0.2) is 17.8 Å². The van der Waals surface area contributed by atoms with Crippen molar-refractivity contribution in [3.8, 4) is 0 Å². The summed E-state index contributed by atoms with van der Waals surface area (Å²) in [6.45, 7) is 6.53. The van der Waals surface area contributed by atoms with Gasteiger partial charge in [-0.3, -0.25) is 9.69 Å². The summed E-state index contributed by atoms with van der Waals surface area (Å²) in [5.41, 5.74) is 0.687. The molecule has 0 aliphatic rings. The Morgan fingerprint density at radius 1 is 1.10 bits per heavy atom. The lowest BCUT2D eigenvalue weighted by Crippen LogP contribution is -2.41. The average molecular weight is 484 g/mol. The number of amides is 1. The zero-order chi connectivity index (χ0) is 22.6. The molecule has 0 fully saturated rings. The predicted molar refractivity (Wildman–Crippen MR) is 123 cm³/mol. The molecule has 0 bridgehead atoms. The van der Waals surface area contributed by atoms with Crippen LogP contribution < -0.4 is 4.90 Å². The SMILES string of the molecule is CCN(CC)CCN(C(=O)CS(=O)(=O)c1ccc(F)cc1)c1nc2ccc(Cl)cc2s1. The van der Waals surface area contributed by atoms with E-state index in [9.17, 15) is 17.6 Å². The number of nitrogens with zero attached hydrogens (tertiary/aromatic N) is 3. The second-order valence-corrected chi connectivity index (χ2v) is 10.3. The zero-order valence-corrected chi connectivity index (χ0v) is 19.6. The van der Waals surface area contributed by atoms with Crippen molar-refractivity contribution in [3.05, 3.63) is 53.3 Å². The maximum absolute atomic E-state index is 13.2. The minimum atomic E-state index is -3.93. The molecule has 1 heterocycles. The third kappa shape index (κ3) is 5.79. The Morgan fingerprint density at radius 2 is 1.77 bits per heavy atom. The average Bonchev–Trinajstić information content (AvgIpc) is 3.13. The summed E-state index contributed by atoms with van der Waals surface area (Å²) in [7, 11) is -3.93. The number of thiazole rings is 1. The van der Waals surface area contributed by atoms with Crippen LogP contribution in [0, 0.1) is 5.82 Å². The van der Waals surface area contributed by atoms with E-state index in [1.54, 1.807) is 18.2 Å². The molecule has 10 heteroatoms. The highest BCUT2D eigenvalue weighted by atomic mass is 35.5. The minimum absolute atomic E-state index is 0.0953. The van der Waals surface area contributed by atoms with Crippen molar-refractivity contribution < 1.29 is 17.6 Å². The first-order valence-corrected chi connectivity index (χ1v) is 12.6. The van der Waals surface area contributed by atoms with Crippen LogP contribution in [0.4, 0.5) is 9.52 Å². The summed E-state index contributed by atoms with van der Waals surface area (Å²) < 4.78 is 39.5. The highest BCUT2D eigenvalue weighted by Gasteiger charge is 2.27. The number of anilines is 1. The Bertz CT molecular complexity index is 1160. The summed E-state index contributed by atoms with van der Waals surface area (Å²) in [5, 5.41) is 0.978. The van der Waals surface area contributed by atoms with E-state index in [2.05, 4.69) is 9.88 Å². The van der Waals surface area contributed by atoms with Crippen molar-refractivity contribution in [1.82, 2.24) is 9.88 Å². The topological polar surface area (TPSA) is 70.6 Å². The molecule has 3 aromatic rings. The number of likely N-dealkylation sites (N-methyl/N-ethyl adjacent to an activating group) is 1. The van der Waals surface area contributed by atoms with Gasteiger partial charge in [0.05, 0.1) is 15.1 Å². The van der Waals surface area contributed by atoms with Crippen molar-refractivity contribution in [2.75, 3.05) is 36.8 Å². The third-order valence-electron chi connectivity index (χ3n) is 4.89. The summed E-state index contributed by atoms with van der Waals surface area (Å²) in [5.74, 6) is -1.85. The van der Waals surface area contributed by atoms with E-state index in [-0.39, 0.29) is 4.90 Å². The first kappa shape index (κ1) is 23.6. The molecule has 3 rings (SSSR count). The standard InChI is InChI=1S/C21H23ClFN3O3S2/c1-3-25(4-2)11-12-26(21-24-18-10-5-15(22)13-19(18)30-21)20(27)14-31(28,29)17-8-6-16(23)7-9-17/h5-10,13H,3-4,11-12,14H2,1-2H3. The van der Waals surface area contributed by atoms with Gasteiger partial charge in [0.15, 0.2) is 15.0 Å². The molecule has 0 spiro atoms. The lowest BCUT2D eigenvalue weighted by molar-refractivity contribution is -0.116. The van der Waals surface area contributed by atoms with E-state index in [1.807, 2.05) is 13.8 Å². The van der Waals surface area contributed by atoms with Gasteiger partial charge in [0.25, 0.3) is 0 Å². The van der Waals surface area contributed by atoms with Crippen LogP contribution in [-0.2, 0) is 14.6 Å². The Morgan fingerprint density at radius 3 is 2.42 bits per heavy atom. The van der Waals surface area contributed by atoms with E-state index in [0.29, 0.717) is 28.8 Å². The molecule has 166 valence electrons. The molecule has 31 heavy (non-hydrogen) atoms. The predicted octanol–water partition coefficient (Wildman–Crippen LogP) is 4.24. The van der Waals surface area contributed by atoms with Gasteiger partial charge in [0, 0.05) is 18.1 Å². The minimum Gasteiger partial charge on any atom is -0.302 e. The van der Waals surface area contributed by atoms with Gasteiger partial charge in [0.1, 0.15) is 11.6 Å². The maximum atomic E-state index is 13.2. The Hall–Kier alpha value is -2.07. The summed E-state index contributed by atoms with van der Waals surface area (Å²) in [6, 6.07) is 9.70. The lowest BCUT2D eigenvalue weighted by atomic mass is 10.3. The van der Waals surface area contributed by atoms with Gasteiger partial charge < -0.3 is 4.90 Å². The van der Waals surface area contributed by atoms with Gasteiger partial charge >= 0.3 is 0 Å². The number of carbonyl (C=O) groups is 1. The number of sulfone groups is 1. The molecule has 1 amide bonds. The van der Waals surface area contributed by atoms with Gasteiger partial charge in [-0.1, -0.05) is 36.8 Å². The van der Waals surface area contributed by atoms with Crippen LogP contribution in [-0.4, -0.2) is 56.1 Å². The van der Waals surface area contributed by atoms with Crippen LogP contribution in [0.25, 0.3) is 10.2 Å². The zero-order valence-electron chi connectivity index (χ0n) is 17.2. The second-order valence-electron chi connectivity index (χ2n) is 6.89. The summed E-state index contributed by atoms with van der Waals surface area (Å²) in [4.78, 5) is 21.1. The summed E-state index contributed by atoms with van der Waals surface area (Å²) >= 11 is 7.35. The van der Waals surface area contributed by atoms with Crippen molar-refractivity contribution in [1.29, 1.82) is 0 Å². The number of carbonyl (C=O) groups excluding carboxylic acids is 1. The molecule has 0 aliphatic heterocycles. The van der Waals surface area contributed by atoms with E-state index in [1.165, 1.54) is 16.2 Å². The fourth-order valence-electron chi connectivity index (χ4n) is 3.08. The molecule has 1 aromatic heterocycles. The normalized spacial score (nSPS) is 11.9. The number of aromatic nitrogens is 1. The number of hydrogen-bond donors (Lipinski definition) is 0.